The minimum absolute atomic E-state index is 0.123. The van der Waals surface area contributed by atoms with Crippen LogP contribution in [0, 0.1) is 23.2 Å². The van der Waals surface area contributed by atoms with Crippen LogP contribution in [0.2, 0.25) is 0 Å². The van der Waals surface area contributed by atoms with Crippen LogP contribution in [0.15, 0.2) is 0 Å². The molecule has 0 spiro atoms. The average molecular weight is 153 g/mol. The van der Waals surface area contributed by atoms with Crippen LogP contribution in [-0.4, -0.2) is 19.0 Å². The van der Waals surface area contributed by atoms with Gasteiger partial charge in [0.05, 0.1) is 12.0 Å². The zero-order valence-corrected chi connectivity index (χ0v) is 6.21. The Morgan fingerprint density at radius 2 is 2.45 bits per heavy atom. The summed E-state index contributed by atoms with van der Waals surface area (Å²) in [5.41, 5.74) is 5.13. The van der Waals surface area contributed by atoms with Crippen molar-refractivity contribution in [1.82, 2.24) is 5.32 Å². The standard InChI is InChI=1S/C7H11N3O/c8-2-1-5-3-10-4-6(5)7(9)11/h5-6,10H,1,3-4H2,(H2,9,11). The molecule has 1 fully saturated rings. The molecule has 2 unspecified atom stereocenters. The van der Waals surface area contributed by atoms with Crippen LogP contribution in [0.1, 0.15) is 6.42 Å². The Morgan fingerprint density at radius 1 is 1.73 bits per heavy atom. The fraction of sp³-hybridized carbons (Fsp3) is 0.714. The van der Waals surface area contributed by atoms with E-state index in [4.69, 9.17) is 11.0 Å². The van der Waals surface area contributed by atoms with E-state index in [-0.39, 0.29) is 17.7 Å². The first kappa shape index (κ1) is 8.02. The van der Waals surface area contributed by atoms with E-state index < -0.39 is 0 Å². The molecule has 1 aliphatic heterocycles. The molecule has 0 aromatic carbocycles. The van der Waals surface area contributed by atoms with Crippen LogP contribution >= 0.6 is 0 Å². The predicted octanol–water partition coefficient (Wildman–Crippen LogP) is -0.779. The van der Waals surface area contributed by atoms with E-state index in [9.17, 15) is 4.79 Å². The van der Waals surface area contributed by atoms with E-state index in [1.165, 1.54) is 0 Å². The van der Waals surface area contributed by atoms with Gasteiger partial charge in [0.15, 0.2) is 0 Å². The van der Waals surface area contributed by atoms with Gasteiger partial charge in [0.2, 0.25) is 5.91 Å². The van der Waals surface area contributed by atoms with Gasteiger partial charge in [-0.1, -0.05) is 0 Å². The average Bonchev–Trinajstić information content (AvgIpc) is 2.36. The van der Waals surface area contributed by atoms with Gasteiger partial charge in [-0.25, -0.2) is 0 Å². The first-order valence-electron chi connectivity index (χ1n) is 3.62. The number of carbonyl (C=O) groups excluding carboxylic acids is 1. The number of rotatable bonds is 2. The Bertz CT molecular complexity index is 196. The quantitative estimate of drug-likeness (QED) is 0.546. The Kier molecular flexibility index (Phi) is 2.44. The van der Waals surface area contributed by atoms with Crippen molar-refractivity contribution in [3.8, 4) is 6.07 Å². The minimum Gasteiger partial charge on any atom is -0.369 e. The molecule has 0 radical (unpaired) electrons. The van der Waals surface area contributed by atoms with Crippen molar-refractivity contribution in [2.24, 2.45) is 17.6 Å². The Hall–Kier alpha value is -1.08. The lowest BCUT2D eigenvalue weighted by Crippen LogP contribution is -2.29. The lowest BCUT2D eigenvalue weighted by molar-refractivity contribution is -0.122. The molecule has 1 rings (SSSR count). The second-order valence-electron chi connectivity index (χ2n) is 2.79. The number of carbonyl (C=O) groups is 1. The maximum Gasteiger partial charge on any atom is 0.222 e. The normalized spacial score (nSPS) is 29.7. The van der Waals surface area contributed by atoms with E-state index in [2.05, 4.69) is 5.32 Å². The van der Waals surface area contributed by atoms with Crippen molar-refractivity contribution in [3.63, 3.8) is 0 Å². The number of hydrogen-bond acceptors (Lipinski definition) is 3. The van der Waals surface area contributed by atoms with Crippen LogP contribution in [-0.2, 0) is 4.79 Å². The molecule has 0 aromatic heterocycles. The molecule has 0 saturated carbocycles. The van der Waals surface area contributed by atoms with Gasteiger partial charge in [-0.3, -0.25) is 4.79 Å². The fourth-order valence-corrected chi connectivity index (χ4v) is 1.40. The smallest absolute Gasteiger partial charge is 0.222 e. The van der Waals surface area contributed by atoms with Gasteiger partial charge in [-0.05, 0) is 12.5 Å². The van der Waals surface area contributed by atoms with Crippen LogP contribution in [0.5, 0.6) is 0 Å². The molecule has 1 amide bonds. The highest BCUT2D eigenvalue weighted by molar-refractivity contribution is 5.77. The fourth-order valence-electron chi connectivity index (χ4n) is 1.40. The van der Waals surface area contributed by atoms with Crippen molar-refractivity contribution < 1.29 is 4.79 Å². The van der Waals surface area contributed by atoms with Gasteiger partial charge < -0.3 is 11.1 Å². The number of nitriles is 1. The van der Waals surface area contributed by atoms with E-state index >= 15 is 0 Å². The van der Waals surface area contributed by atoms with E-state index in [0.717, 1.165) is 6.54 Å². The van der Waals surface area contributed by atoms with Crippen molar-refractivity contribution >= 4 is 5.91 Å². The molecule has 11 heavy (non-hydrogen) atoms. The summed E-state index contributed by atoms with van der Waals surface area (Å²) in [4.78, 5) is 10.8. The molecule has 0 aliphatic carbocycles. The van der Waals surface area contributed by atoms with E-state index in [1.54, 1.807) is 0 Å². The van der Waals surface area contributed by atoms with Crippen molar-refractivity contribution in [3.05, 3.63) is 0 Å². The summed E-state index contributed by atoms with van der Waals surface area (Å²) in [6.07, 6.45) is 0.417. The molecule has 0 bridgehead atoms. The van der Waals surface area contributed by atoms with Gasteiger partial charge in [0.1, 0.15) is 0 Å². The number of hydrogen-bond donors (Lipinski definition) is 2. The first-order valence-corrected chi connectivity index (χ1v) is 3.62. The number of nitrogens with one attached hydrogen (secondary N) is 1. The van der Waals surface area contributed by atoms with Crippen LogP contribution in [0.25, 0.3) is 0 Å². The van der Waals surface area contributed by atoms with Gasteiger partial charge in [0.25, 0.3) is 0 Å². The van der Waals surface area contributed by atoms with Crippen molar-refractivity contribution in [1.29, 1.82) is 5.26 Å². The summed E-state index contributed by atoms with van der Waals surface area (Å²) in [7, 11) is 0. The third kappa shape index (κ3) is 1.69. The lowest BCUT2D eigenvalue weighted by Gasteiger charge is -2.10. The lowest BCUT2D eigenvalue weighted by atomic mass is 9.93. The Labute approximate surface area is 65.4 Å². The molecule has 2 atom stereocenters. The van der Waals surface area contributed by atoms with Crippen molar-refractivity contribution in [2.75, 3.05) is 13.1 Å². The highest BCUT2D eigenvalue weighted by atomic mass is 16.1. The summed E-state index contributed by atoms with van der Waals surface area (Å²) in [5, 5.41) is 11.4. The van der Waals surface area contributed by atoms with Crippen LogP contribution < -0.4 is 11.1 Å². The second kappa shape index (κ2) is 3.35. The molecule has 0 aromatic rings. The monoisotopic (exact) mass is 153 g/mol. The SMILES string of the molecule is N#CCC1CNCC1C(N)=O. The predicted molar refractivity (Wildman–Crippen MR) is 39.3 cm³/mol. The maximum atomic E-state index is 10.8. The van der Waals surface area contributed by atoms with Crippen LogP contribution in [0.4, 0.5) is 0 Å². The van der Waals surface area contributed by atoms with Crippen LogP contribution in [0.3, 0.4) is 0 Å². The molecule has 4 nitrogen and oxygen atoms in total. The first-order chi connectivity index (χ1) is 5.25. The summed E-state index contributed by atoms with van der Waals surface area (Å²) in [6, 6.07) is 2.05. The Balaban J connectivity index is 2.52. The van der Waals surface area contributed by atoms with E-state index in [0.29, 0.717) is 13.0 Å². The van der Waals surface area contributed by atoms with Gasteiger partial charge in [-0.15, -0.1) is 0 Å². The summed E-state index contributed by atoms with van der Waals surface area (Å²) in [5.74, 6) is -0.317. The highest BCUT2D eigenvalue weighted by Gasteiger charge is 2.30. The summed E-state index contributed by atoms with van der Waals surface area (Å²) in [6.45, 7) is 1.36. The molecular formula is C7H11N3O. The molecule has 4 heteroatoms. The number of nitrogens with two attached hydrogens (primary N) is 1. The molecule has 3 N–H and O–H groups in total. The van der Waals surface area contributed by atoms with Crippen molar-refractivity contribution in [2.45, 2.75) is 6.42 Å². The zero-order chi connectivity index (χ0) is 8.27. The highest BCUT2D eigenvalue weighted by Crippen LogP contribution is 2.18. The molecule has 60 valence electrons. The van der Waals surface area contributed by atoms with Gasteiger partial charge >= 0.3 is 0 Å². The molecular weight excluding hydrogens is 142 g/mol. The zero-order valence-electron chi connectivity index (χ0n) is 6.21. The second-order valence-corrected chi connectivity index (χ2v) is 2.79. The number of nitrogens with zero attached hydrogens (tertiary/aromatic N) is 1. The molecule has 1 saturated heterocycles. The minimum atomic E-state index is -0.296. The summed E-state index contributed by atoms with van der Waals surface area (Å²) >= 11 is 0. The molecule has 1 aliphatic rings. The third-order valence-corrected chi connectivity index (χ3v) is 2.06. The topological polar surface area (TPSA) is 78.9 Å². The molecule has 1 heterocycles. The Morgan fingerprint density at radius 3 is 3.00 bits per heavy atom. The third-order valence-electron chi connectivity index (χ3n) is 2.06. The number of primary amides is 1. The van der Waals surface area contributed by atoms with E-state index in [1.807, 2.05) is 6.07 Å². The van der Waals surface area contributed by atoms with Gasteiger partial charge in [-0.2, -0.15) is 5.26 Å². The largest absolute Gasteiger partial charge is 0.369 e. The summed E-state index contributed by atoms with van der Waals surface area (Å²) < 4.78 is 0. The van der Waals surface area contributed by atoms with Gasteiger partial charge in [0, 0.05) is 13.0 Å². The number of amides is 1. The maximum absolute atomic E-state index is 10.8.